The van der Waals surface area contributed by atoms with Gasteiger partial charge in [-0.3, -0.25) is 4.79 Å². The number of carbonyl (C=O) groups is 1. The molecule has 0 saturated carbocycles. The van der Waals surface area contributed by atoms with Crippen LogP contribution in [-0.2, 0) is 19.3 Å². The van der Waals surface area contributed by atoms with Crippen LogP contribution in [0.15, 0.2) is 41.6 Å². The summed E-state index contributed by atoms with van der Waals surface area (Å²) in [6.07, 6.45) is 9.62. The van der Waals surface area contributed by atoms with E-state index in [1.54, 1.807) is 18.0 Å². The Hall–Kier alpha value is -2.34. The van der Waals surface area contributed by atoms with Gasteiger partial charge < -0.3 is 5.32 Å². The average Bonchev–Trinajstić information content (AvgIpc) is 3.12. The molecular weight excluding hydrogens is 356 g/mol. The predicted octanol–water partition coefficient (Wildman–Crippen LogP) is 3.55. The second-order valence-corrected chi connectivity index (χ2v) is 8.11. The number of aryl methyl sites for hydroxylation is 1. The minimum Gasteiger partial charge on any atom is -0.352 e. The van der Waals surface area contributed by atoms with Crippen LogP contribution in [0.25, 0.3) is 5.65 Å². The number of nitrogens with zero attached hydrogens (tertiary/aromatic N) is 3. The molecule has 4 rings (SSSR count). The van der Waals surface area contributed by atoms with E-state index in [4.69, 9.17) is 0 Å². The topological polar surface area (TPSA) is 59.3 Å². The molecule has 0 fully saturated rings. The van der Waals surface area contributed by atoms with E-state index in [2.05, 4.69) is 52.8 Å². The maximum absolute atomic E-state index is 12.6. The third-order valence-corrected chi connectivity index (χ3v) is 6.00. The highest BCUT2D eigenvalue weighted by molar-refractivity contribution is 7.98. The Balaban J connectivity index is 1.45. The van der Waals surface area contributed by atoms with Gasteiger partial charge in [0.15, 0.2) is 5.65 Å². The molecule has 0 spiro atoms. The average molecular weight is 381 g/mol. The Morgan fingerprint density at radius 3 is 2.89 bits per heavy atom. The molecule has 1 aromatic carbocycles. The lowest BCUT2D eigenvalue weighted by Gasteiger charge is -2.21. The van der Waals surface area contributed by atoms with Gasteiger partial charge in [0.2, 0.25) is 0 Å². The van der Waals surface area contributed by atoms with Crippen molar-refractivity contribution in [3.05, 3.63) is 59.0 Å². The number of amides is 1. The molecule has 0 aliphatic heterocycles. The molecule has 1 aliphatic carbocycles. The summed E-state index contributed by atoms with van der Waals surface area (Å²) < 4.78 is 1.86. The van der Waals surface area contributed by atoms with E-state index in [1.807, 2.05) is 10.7 Å². The molecule has 2 aromatic heterocycles. The molecule has 0 saturated heterocycles. The van der Waals surface area contributed by atoms with Gasteiger partial charge in [-0.25, -0.2) is 9.50 Å². The van der Waals surface area contributed by atoms with Crippen LogP contribution in [0.4, 0.5) is 0 Å². The largest absolute Gasteiger partial charge is 0.352 e. The van der Waals surface area contributed by atoms with Crippen molar-refractivity contribution in [1.29, 1.82) is 0 Å². The number of rotatable bonds is 5. The predicted molar refractivity (Wildman–Crippen MR) is 108 cm³/mol. The molecule has 0 unspecified atom stereocenters. The second kappa shape index (κ2) is 7.72. The summed E-state index contributed by atoms with van der Waals surface area (Å²) in [4.78, 5) is 18.4. The van der Waals surface area contributed by atoms with Gasteiger partial charge in [-0.05, 0) is 61.1 Å². The summed E-state index contributed by atoms with van der Waals surface area (Å²) >= 11 is 1.73. The Bertz CT molecular complexity index is 964. The van der Waals surface area contributed by atoms with Crippen LogP contribution in [0.2, 0.25) is 0 Å². The fraction of sp³-hybridized carbons (Fsp3) is 0.381. The highest BCUT2D eigenvalue weighted by Crippen LogP contribution is 2.25. The first-order valence-corrected chi connectivity index (χ1v) is 10.6. The molecule has 1 aliphatic rings. The zero-order valence-electron chi connectivity index (χ0n) is 15.7. The molecule has 1 amide bonds. The van der Waals surface area contributed by atoms with Crippen molar-refractivity contribution in [3.8, 4) is 0 Å². The lowest BCUT2D eigenvalue weighted by Crippen LogP contribution is -2.26. The first kappa shape index (κ1) is 18.0. The van der Waals surface area contributed by atoms with E-state index in [9.17, 15) is 4.79 Å². The maximum atomic E-state index is 12.6. The minimum absolute atomic E-state index is 0.109. The number of carbonyl (C=O) groups excluding carboxylic acids is 1. The molecular formula is C21H24N4OS. The summed E-state index contributed by atoms with van der Waals surface area (Å²) in [5.74, 6) is 0.572. The van der Waals surface area contributed by atoms with E-state index in [-0.39, 0.29) is 5.91 Å². The van der Waals surface area contributed by atoms with E-state index in [1.165, 1.54) is 21.7 Å². The maximum Gasteiger partial charge on any atom is 0.256 e. The summed E-state index contributed by atoms with van der Waals surface area (Å²) in [5, 5.41) is 7.46. The summed E-state index contributed by atoms with van der Waals surface area (Å²) in [6, 6.07) is 8.45. The first-order chi connectivity index (χ1) is 13.2. The molecule has 140 valence electrons. The van der Waals surface area contributed by atoms with Crippen LogP contribution < -0.4 is 5.32 Å². The molecule has 27 heavy (non-hydrogen) atoms. The highest BCUT2D eigenvalue weighted by Gasteiger charge is 2.21. The number of aromatic nitrogens is 3. The molecule has 0 radical (unpaired) electrons. The zero-order chi connectivity index (χ0) is 18.8. The first-order valence-electron chi connectivity index (χ1n) is 9.41. The number of hydrogen-bond donors (Lipinski definition) is 1. The molecule has 1 N–H and O–H groups in total. The fourth-order valence-electron chi connectivity index (χ4n) is 3.68. The van der Waals surface area contributed by atoms with Crippen molar-refractivity contribution < 1.29 is 4.79 Å². The molecule has 6 heteroatoms. The van der Waals surface area contributed by atoms with Crippen LogP contribution in [-0.4, -0.2) is 33.3 Å². The van der Waals surface area contributed by atoms with Gasteiger partial charge in [-0.2, -0.15) is 5.10 Å². The highest BCUT2D eigenvalue weighted by atomic mass is 32.2. The third kappa shape index (κ3) is 3.72. The van der Waals surface area contributed by atoms with Crippen LogP contribution in [0.3, 0.4) is 0 Å². The number of thioether (sulfide) groups is 1. The van der Waals surface area contributed by atoms with Crippen molar-refractivity contribution in [3.63, 3.8) is 0 Å². The summed E-state index contributed by atoms with van der Waals surface area (Å²) in [5.41, 5.74) is 4.88. The van der Waals surface area contributed by atoms with Crippen molar-refractivity contribution >= 4 is 23.3 Å². The normalized spacial score (nSPS) is 16.3. The third-order valence-electron chi connectivity index (χ3n) is 5.26. The fourth-order valence-corrected chi connectivity index (χ4v) is 4.09. The zero-order valence-corrected chi connectivity index (χ0v) is 16.6. The number of fused-ring (bicyclic) bond motifs is 3. The minimum atomic E-state index is -0.109. The van der Waals surface area contributed by atoms with Crippen LogP contribution in [0.1, 0.15) is 40.5 Å². The lowest BCUT2D eigenvalue weighted by atomic mass is 9.89. The SMILES string of the molecule is CSc1ccc(CCNC(=O)c2cnn3c4c(cnc23)C[C@@H](C)CC4)cc1. The van der Waals surface area contributed by atoms with Gasteiger partial charge in [0.05, 0.1) is 6.20 Å². The van der Waals surface area contributed by atoms with Crippen molar-refractivity contribution in [2.75, 3.05) is 12.8 Å². The molecule has 1 atom stereocenters. The van der Waals surface area contributed by atoms with Gasteiger partial charge in [0.25, 0.3) is 5.91 Å². The Morgan fingerprint density at radius 2 is 2.11 bits per heavy atom. The monoisotopic (exact) mass is 380 g/mol. The van der Waals surface area contributed by atoms with E-state index >= 15 is 0 Å². The molecule has 5 nitrogen and oxygen atoms in total. The van der Waals surface area contributed by atoms with Gasteiger partial charge >= 0.3 is 0 Å². The smallest absolute Gasteiger partial charge is 0.256 e. The van der Waals surface area contributed by atoms with Gasteiger partial charge in [-0.1, -0.05) is 19.1 Å². The Kier molecular flexibility index (Phi) is 5.16. The molecule has 3 aromatic rings. The van der Waals surface area contributed by atoms with E-state index in [0.29, 0.717) is 23.7 Å². The van der Waals surface area contributed by atoms with E-state index < -0.39 is 0 Å². The van der Waals surface area contributed by atoms with Crippen LogP contribution in [0, 0.1) is 5.92 Å². The summed E-state index contributed by atoms with van der Waals surface area (Å²) in [7, 11) is 0. The van der Waals surface area contributed by atoms with Gasteiger partial charge in [-0.15, -0.1) is 11.8 Å². The Morgan fingerprint density at radius 1 is 1.30 bits per heavy atom. The van der Waals surface area contributed by atoms with Gasteiger partial charge in [0.1, 0.15) is 5.56 Å². The van der Waals surface area contributed by atoms with E-state index in [0.717, 1.165) is 25.7 Å². The number of nitrogens with one attached hydrogen (secondary N) is 1. The van der Waals surface area contributed by atoms with Crippen LogP contribution >= 0.6 is 11.8 Å². The quantitative estimate of drug-likeness (QED) is 0.688. The standard InChI is InChI=1S/C21H24N4OS/c1-14-3-8-19-16(11-14)12-23-20-18(13-24-25(19)20)21(26)22-10-9-15-4-6-17(27-2)7-5-15/h4-7,12-14H,3,8-11H2,1-2H3,(H,22,26)/t14-/m0/s1. The second-order valence-electron chi connectivity index (χ2n) is 7.23. The van der Waals surface area contributed by atoms with Crippen molar-refractivity contribution in [2.24, 2.45) is 5.92 Å². The molecule has 2 heterocycles. The number of hydrogen-bond acceptors (Lipinski definition) is 4. The summed E-state index contributed by atoms with van der Waals surface area (Å²) in [6.45, 7) is 2.86. The number of benzene rings is 1. The Labute approximate surface area is 163 Å². The van der Waals surface area contributed by atoms with Crippen molar-refractivity contribution in [2.45, 2.75) is 37.5 Å². The van der Waals surface area contributed by atoms with Crippen LogP contribution in [0.5, 0.6) is 0 Å². The lowest BCUT2D eigenvalue weighted by molar-refractivity contribution is 0.0955. The molecule has 0 bridgehead atoms. The van der Waals surface area contributed by atoms with Crippen molar-refractivity contribution in [1.82, 2.24) is 19.9 Å². The van der Waals surface area contributed by atoms with Gasteiger partial charge in [0, 0.05) is 23.3 Å².